The number of rotatable bonds is 9. The van der Waals surface area contributed by atoms with E-state index < -0.39 is 0 Å². The number of nitrogens with one attached hydrogen (secondary N) is 1. The average Bonchev–Trinajstić information content (AvgIpc) is 2.37. The number of nitrogens with zero attached hydrogens (tertiary/aromatic N) is 2. The molecule has 0 aliphatic heterocycles. The maximum atomic E-state index is 3.60. The Kier molecular flexibility index (Phi) is 7.96. The lowest BCUT2D eigenvalue weighted by molar-refractivity contribution is 0.116. The lowest BCUT2D eigenvalue weighted by Gasteiger charge is -2.40. The summed E-state index contributed by atoms with van der Waals surface area (Å²) in [5, 5.41) is 3.60. The van der Waals surface area contributed by atoms with Crippen molar-refractivity contribution in [3.63, 3.8) is 0 Å². The molecule has 1 rings (SSSR count). The Morgan fingerprint density at radius 1 is 1.00 bits per heavy atom. The molecule has 0 bridgehead atoms. The Balaban J connectivity index is 2.37. The van der Waals surface area contributed by atoms with Gasteiger partial charge in [0.1, 0.15) is 0 Å². The van der Waals surface area contributed by atoms with Gasteiger partial charge < -0.3 is 15.1 Å². The lowest BCUT2D eigenvalue weighted by Crippen LogP contribution is -2.44. The van der Waals surface area contributed by atoms with Gasteiger partial charge in [0.25, 0.3) is 0 Å². The third-order valence-corrected chi connectivity index (χ3v) is 4.41. The molecule has 0 spiro atoms. The summed E-state index contributed by atoms with van der Waals surface area (Å²) in [5.74, 6) is 0. The van der Waals surface area contributed by atoms with Crippen LogP contribution >= 0.6 is 0 Å². The molecule has 0 amide bonds. The van der Waals surface area contributed by atoms with Crippen LogP contribution in [-0.4, -0.2) is 63.7 Å². The summed E-state index contributed by atoms with van der Waals surface area (Å²) in [7, 11) is 6.62. The summed E-state index contributed by atoms with van der Waals surface area (Å²) < 4.78 is 0. The zero-order valence-corrected chi connectivity index (χ0v) is 13.7. The van der Waals surface area contributed by atoms with Crippen LogP contribution in [-0.2, 0) is 0 Å². The molecule has 0 saturated heterocycles. The first-order valence-electron chi connectivity index (χ1n) is 8.12. The lowest BCUT2D eigenvalue weighted by atomic mass is 9.73. The fraction of sp³-hybridized carbons (Fsp3) is 1.00. The molecule has 1 aliphatic rings. The van der Waals surface area contributed by atoms with E-state index in [9.17, 15) is 0 Å². The van der Waals surface area contributed by atoms with Gasteiger partial charge in [-0.25, -0.2) is 0 Å². The second-order valence-electron chi connectivity index (χ2n) is 6.74. The van der Waals surface area contributed by atoms with Gasteiger partial charge >= 0.3 is 0 Å². The third kappa shape index (κ3) is 6.73. The standard InChI is InChI=1S/C16H35N3/c1-5-17-14-16(10-7-6-8-11-16)15-19(4)13-9-12-18(2)3/h17H,5-15H2,1-4H3. The van der Waals surface area contributed by atoms with Crippen LogP contribution in [0.15, 0.2) is 0 Å². The van der Waals surface area contributed by atoms with E-state index in [-0.39, 0.29) is 0 Å². The van der Waals surface area contributed by atoms with Crippen LogP contribution in [0.4, 0.5) is 0 Å². The Bertz CT molecular complexity index is 222. The van der Waals surface area contributed by atoms with Gasteiger partial charge in [-0.05, 0) is 65.5 Å². The monoisotopic (exact) mass is 269 g/mol. The summed E-state index contributed by atoms with van der Waals surface area (Å²) in [6.07, 6.45) is 8.41. The highest BCUT2D eigenvalue weighted by Crippen LogP contribution is 2.36. The van der Waals surface area contributed by atoms with Gasteiger partial charge in [0.05, 0.1) is 0 Å². The molecule has 1 fully saturated rings. The van der Waals surface area contributed by atoms with Gasteiger partial charge in [-0.15, -0.1) is 0 Å². The number of hydrogen-bond acceptors (Lipinski definition) is 3. The van der Waals surface area contributed by atoms with E-state index in [1.165, 1.54) is 64.7 Å². The molecule has 0 aromatic heterocycles. The molecule has 3 heteroatoms. The molecule has 1 N–H and O–H groups in total. The van der Waals surface area contributed by atoms with Crippen molar-refractivity contribution in [1.29, 1.82) is 0 Å². The minimum atomic E-state index is 0.543. The Hall–Kier alpha value is -0.120. The van der Waals surface area contributed by atoms with E-state index >= 15 is 0 Å². The summed E-state index contributed by atoms with van der Waals surface area (Å²) in [5.41, 5.74) is 0.543. The Labute approximate surface area is 120 Å². The van der Waals surface area contributed by atoms with E-state index in [4.69, 9.17) is 0 Å². The average molecular weight is 269 g/mol. The van der Waals surface area contributed by atoms with E-state index in [1.807, 2.05) is 0 Å². The Morgan fingerprint density at radius 2 is 1.68 bits per heavy atom. The SMILES string of the molecule is CCNCC1(CN(C)CCCN(C)C)CCCCC1. The van der Waals surface area contributed by atoms with Gasteiger partial charge in [0, 0.05) is 13.1 Å². The van der Waals surface area contributed by atoms with Crippen LogP contribution in [0.1, 0.15) is 45.4 Å². The van der Waals surface area contributed by atoms with Crippen LogP contribution in [0.25, 0.3) is 0 Å². The molecule has 0 aromatic rings. The molecule has 3 nitrogen and oxygen atoms in total. The highest BCUT2D eigenvalue weighted by molar-refractivity contribution is 4.87. The number of hydrogen-bond donors (Lipinski definition) is 1. The van der Waals surface area contributed by atoms with Gasteiger partial charge in [0.15, 0.2) is 0 Å². The molecule has 0 atom stereocenters. The minimum Gasteiger partial charge on any atom is -0.316 e. The van der Waals surface area contributed by atoms with Crippen LogP contribution in [0.3, 0.4) is 0 Å². The largest absolute Gasteiger partial charge is 0.316 e. The molecule has 0 aromatic carbocycles. The van der Waals surface area contributed by atoms with Crippen molar-refractivity contribution in [3.05, 3.63) is 0 Å². The molecule has 0 heterocycles. The first-order chi connectivity index (χ1) is 9.08. The highest BCUT2D eigenvalue weighted by atomic mass is 15.1. The summed E-state index contributed by atoms with van der Waals surface area (Å²) in [4.78, 5) is 4.84. The molecule has 19 heavy (non-hydrogen) atoms. The first-order valence-corrected chi connectivity index (χ1v) is 8.12. The van der Waals surface area contributed by atoms with Crippen molar-refractivity contribution in [2.75, 3.05) is 53.9 Å². The molecule has 1 aliphatic carbocycles. The molecular formula is C16H35N3. The molecule has 0 unspecified atom stereocenters. The van der Waals surface area contributed by atoms with Crippen molar-refractivity contribution < 1.29 is 0 Å². The summed E-state index contributed by atoms with van der Waals surface area (Å²) >= 11 is 0. The van der Waals surface area contributed by atoms with Gasteiger partial charge in [-0.3, -0.25) is 0 Å². The van der Waals surface area contributed by atoms with Crippen molar-refractivity contribution in [3.8, 4) is 0 Å². The van der Waals surface area contributed by atoms with E-state index in [0.29, 0.717) is 5.41 Å². The maximum absolute atomic E-state index is 3.60. The minimum absolute atomic E-state index is 0.543. The topological polar surface area (TPSA) is 18.5 Å². The smallest absolute Gasteiger partial charge is 0.00471 e. The van der Waals surface area contributed by atoms with Crippen molar-refractivity contribution in [2.24, 2.45) is 5.41 Å². The Morgan fingerprint density at radius 3 is 2.26 bits per heavy atom. The zero-order chi connectivity index (χ0) is 14.1. The van der Waals surface area contributed by atoms with Gasteiger partial charge in [0.2, 0.25) is 0 Å². The third-order valence-electron chi connectivity index (χ3n) is 4.41. The van der Waals surface area contributed by atoms with Crippen LogP contribution in [0, 0.1) is 5.41 Å². The van der Waals surface area contributed by atoms with Gasteiger partial charge in [-0.2, -0.15) is 0 Å². The highest BCUT2D eigenvalue weighted by Gasteiger charge is 2.32. The molecule has 1 saturated carbocycles. The fourth-order valence-electron chi connectivity index (χ4n) is 3.39. The summed E-state index contributed by atoms with van der Waals surface area (Å²) in [6, 6.07) is 0. The molecule has 114 valence electrons. The normalized spacial score (nSPS) is 19.3. The predicted octanol–water partition coefficient (Wildman–Crippen LogP) is 2.43. The fourth-order valence-corrected chi connectivity index (χ4v) is 3.39. The second kappa shape index (κ2) is 8.93. The molecule has 0 radical (unpaired) electrons. The van der Waals surface area contributed by atoms with Crippen molar-refractivity contribution in [2.45, 2.75) is 45.4 Å². The van der Waals surface area contributed by atoms with Crippen molar-refractivity contribution in [1.82, 2.24) is 15.1 Å². The molecular weight excluding hydrogens is 234 g/mol. The van der Waals surface area contributed by atoms with E-state index in [0.717, 1.165) is 6.54 Å². The van der Waals surface area contributed by atoms with Gasteiger partial charge in [-0.1, -0.05) is 26.2 Å². The van der Waals surface area contributed by atoms with E-state index in [1.54, 1.807) is 0 Å². The van der Waals surface area contributed by atoms with Crippen LogP contribution < -0.4 is 5.32 Å². The first kappa shape index (κ1) is 16.9. The maximum Gasteiger partial charge on any atom is 0.00471 e. The quantitative estimate of drug-likeness (QED) is 0.693. The van der Waals surface area contributed by atoms with E-state index in [2.05, 4.69) is 43.2 Å². The predicted molar refractivity (Wildman–Crippen MR) is 84.7 cm³/mol. The van der Waals surface area contributed by atoms with Crippen LogP contribution in [0.2, 0.25) is 0 Å². The zero-order valence-electron chi connectivity index (χ0n) is 13.7. The second-order valence-corrected chi connectivity index (χ2v) is 6.74. The van der Waals surface area contributed by atoms with Crippen molar-refractivity contribution >= 4 is 0 Å². The summed E-state index contributed by atoms with van der Waals surface area (Å²) in [6.45, 7) is 8.23. The van der Waals surface area contributed by atoms with Crippen LogP contribution in [0.5, 0.6) is 0 Å².